The first-order valence-corrected chi connectivity index (χ1v) is 10.7. The Morgan fingerprint density at radius 1 is 1.35 bits per heavy atom. The van der Waals surface area contributed by atoms with Crippen molar-refractivity contribution in [2.24, 2.45) is 5.92 Å². The summed E-state index contributed by atoms with van der Waals surface area (Å²) in [5.74, 6) is 0.565. The second kappa shape index (κ2) is 8.05. The first kappa shape index (κ1) is 20.8. The Balaban J connectivity index is 2.25. The highest BCUT2D eigenvalue weighted by molar-refractivity contribution is 7.87. The highest BCUT2D eigenvalue weighted by atomic mass is 35.5. The van der Waals surface area contributed by atoms with Gasteiger partial charge in [-0.3, -0.25) is 0 Å². The van der Waals surface area contributed by atoms with Crippen molar-refractivity contribution >= 4 is 27.8 Å². The second-order valence-corrected chi connectivity index (χ2v) is 9.98. The van der Waals surface area contributed by atoms with E-state index >= 15 is 0 Å². The summed E-state index contributed by atoms with van der Waals surface area (Å²) in [6.45, 7) is 8.12. The summed E-state index contributed by atoms with van der Waals surface area (Å²) >= 11 is 6.09. The van der Waals surface area contributed by atoms with Crippen LogP contribution in [0.15, 0.2) is 18.2 Å². The van der Waals surface area contributed by atoms with Crippen LogP contribution >= 0.6 is 11.6 Å². The van der Waals surface area contributed by atoms with Crippen molar-refractivity contribution in [3.63, 3.8) is 0 Å². The summed E-state index contributed by atoms with van der Waals surface area (Å²) < 4.78 is 28.9. The molecule has 1 saturated carbocycles. The lowest BCUT2D eigenvalue weighted by atomic mass is 10.1. The maximum atomic E-state index is 12.7. The third-order valence-corrected chi connectivity index (χ3v) is 5.27. The summed E-state index contributed by atoms with van der Waals surface area (Å²) in [6, 6.07) is 4.56. The van der Waals surface area contributed by atoms with Gasteiger partial charge in [-0.2, -0.15) is 8.42 Å². The van der Waals surface area contributed by atoms with Crippen molar-refractivity contribution in [1.29, 1.82) is 0 Å². The van der Waals surface area contributed by atoms with Gasteiger partial charge in [0.2, 0.25) is 0 Å². The smallest absolute Gasteiger partial charge is 0.318 e. The van der Waals surface area contributed by atoms with E-state index in [1.165, 1.54) is 13.0 Å². The summed E-state index contributed by atoms with van der Waals surface area (Å²) in [5, 5.41) is 3.42. The molecule has 2 rings (SSSR count). The molecular formula is C18H27ClN2O4S. The van der Waals surface area contributed by atoms with E-state index in [9.17, 15) is 13.2 Å². The van der Waals surface area contributed by atoms with E-state index in [4.69, 9.17) is 15.8 Å². The largest absolute Gasteiger partial charge is 0.382 e. The first-order valence-electron chi connectivity index (χ1n) is 8.77. The van der Waals surface area contributed by atoms with Crippen LogP contribution in [0.4, 0.5) is 4.79 Å². The van der Waals surface area contributed by atoms with Crippen molar-refractivity contribution in [2.45, 2.75) is 52.6 Å². The summed E-state index contributed by atoms with van der Waals surface area (Å²) in [4.78, 5) is 14.4. The van der Waals surface area contributed by atoms with Crippen LogP contribution in [-0.2, 0) is 16.7 Å². The van der Waals surface area contributed by atoms with Crippen molar-refractivity contribution in [3.05, 3.63) is 28.8 Å². The number of rotatable bonds is 7. The van der Waals surface area contributed by atoms with E-state index in [0.29, 0.717) is 23.0 Å². The Hall–Kier alpha value is -1.47. The third-order valence-electron chi connectivity index (χ3n) is 3.90. The van der Waals surface area contributed by atoms with E-state index in [2.05, 4.69) is 5.32 Å². The Bertz CT molecular complexity index is 755. The molecule has 1 aromatic carbocycles. The summed E-state index contributed by atoms with van der Waals surface area (Å²) in [6.07, 6.45) is 2.20. The van der Waals surface area contributed by atoms with Gasteiger partial charge >= 0.3 is 16.1 Å². The number of amides is 2. The third kappa shape index (κ3) is 6.68. The summed E-state index contributed by atoms with van der Waals surface area (Å²) in [5.41, 5.74) is 0.206. The Morgan fingerprint density at radius 2 is 2.00 bits per heavy atom. The molecule has 1 aliphatic carbocycles. The molecule has 1 aromatic rings. The predicted molar refractivity (Wildman–Crippen MR) is 103 cm³/mol. The number of nitrogens with one attached hydrogen (secondary N) is 1. The molecule has 1 N–H and O–H groups in total. The van der Waals surface area contributed by atoms with Crippen LogP contribution in [0.25, 0.3) is 0 Å². The van der Waals surface area contributed by atoms with E-state index < -0.39 is 10.1 Å². The number of carbonyl (C=O) groups excluding carboxylic acids is 1. The number of hydrogen-bond acceptors (Lipinski definition) is 4. The molecule has 0 saturated heterocycles. The van der Waals surface area contributed by atoms with Crippen molar-refractivity contribution < 1.29 is 17.4 Å². The molecule has 0 spiro atoms. The van der Waals surface area contributed by atoms with Gasteiger partial charge in [-0.25, -0.2) is 4.79 Å². The number of nitrogens with zero attached hydrogens (tertiary/aromatic N) is 1. The molecule has 8 heteroatoms. The minimum Gasteiger partial charge on any atom is -0.382 e. The zero-order valence-corrected chi connectivity index (χ0v) is 17.3. The van der Waals surface area contributed by atoms with Crippen LogP contribution in [0.2, 0.25) is 5.02 Å². The summed E-state index contributed by atoms with van der Waals surface area (Å²) in [7, 11) is -3.67. The quantitative estimate of drug-likeness (QED) is 0.704. The van der Waals surface area contributed by atoms with E-state index in [1.807, 2.05) is 20.8 Å². The topological polar surface area (TPSA) is 75.7 Å². The molecule has 0 radical (unpaired) electrons. The lowest BCUT2D eigenvalue weighted by Gasteiger charge is -2.29. The second-order valence-electron chi connectivity index (χ2n) is 7.69. The zero-order valence-electron chi connectivity index (χ0n) is 15.7. The monoisotopic (exact) mass is 402 g/mol. The first-order chi connectivity index (χ1) is 12.0. The normalized spacial score (nSPS) is 14.8. The van der Waals surface area contributed by atoms with E-state index in [1.54, 1.807) is 17.0 Å². The molecule has 6 nitrogen and oxygen atoms in total. The number of hydrogen-bond donors (Lipinski definition) is 1. The Labute approximate surface area is 161 Å². The molecule has 0 atom stereocenters. The lowest BCUT2D eigenvalue weighted by molar-refractivity contribution is 0.183. The molecule has 0 aliphatic heterocycles. The van der Waals surface area contributed by atoms with Crippen LogP contribution in [0.5, 0.6) is 5.75 Å². The highest BCUT2D eigenvalue weighted by Crippen LogP contribution is 2.32. The minimum absolute atomic E-state index is 0.134. The van der Waals surface area contributed by atoms with Gasteiger partial charge in [-0.05, 0) is 64.7 Å². The van der Waals surface area contributed by atoms with Gasteiger partial charge in [-0.1, -0.05) is 11.6 Å². The van der Waals surface area contributed by atoms with Gasteiger partial charge in [0.25, 0.3) is 0 Å². The molecular weight excluding hydrogens is 376 g/mol. The Kier molecular flexibility index (Phi) is 6.45. The molecule has 0 aromatic heterocycles. The van der Waals surface area contributed by atoms with E-state index in [0.717, 1.165) is 12.8 Å². The van der Waals surface area contributed by atoms with Gasteiger partial charge in [0.1, 0.15) is 5.75 Å². The van der Waals surface area contributed by atoms with Crippen molar-refractivity contribution in [1.82, 2.24) is 10.2 Å². The zero-order chi connectivity index (χ0) is 19.5. The maximum absolute atomic E-state index is 12.7. The number of halogens is 1. The molecule has 0 heterocycles. The number of urea groups is 1. The average molecular weight is 403 g/mol. The SMILES string of the molecule is CCS(=O)(=O)Oc1ccc(Cl)cc1CN(CC1CC1)C(=O)NC(C)(C)C. The van der Waals surface area contributed by atoms with Crippen molar-refractivity contribution in [2.75, 3.05) is 12.3 Å². The lowest BCUT2D eigenvalue weighted by Crippen LogP contribution is -2.48. The maximum Gasteiger partial charge on any atom is 0.318 e. The molecule has 1 fully saturated rings. The van der Waals surface area contributed by atoms with Crippen molar-refractivity contribution in [3.8, 4) is 5.75 Å². The molecule has 1 aliphatic rings. The minimum atomic E-state index is -3.67. The van der Waals surface area contributed by atoms with Crippen LogP contribution < -0.4 is 9.50 Å². The molecule has 0 bridgehead atoms. The molecule has 0 unspecified atom stereocenters. The standard InChI is InChI=1S/C18H27ClN2O4S/c1-5-26(23,24)25-16-9-8-15(19)10-14(16)12-21(11-13-6-7-13)17(22)20-18(2,3)4/h8-10,13H,5-7,11-12H2,1-4H3,(H,20,22). The van der Waals surface area contributed by atoms with Crippen LogP contribution in [0.3, 0.4) is 0 Å². The molecule has 2 amide bonds. The number of benzene rings is 1. The molecule has 146 valence electrons. The molecule has 26 heavy (non-hydrogen) atoms. The fourth-order valence-corrected chi connectivity index (χ4v) is 3.13. The Morgan fingerprint density at radius 3 is 2.54 bits per heavy atom. The van der Waals surface area contributed by atoms with Gasteiger partial charge in [0.05, 0.1) is 12.3 Å². The van der Waals surface area contributed by atoms with E-state index in [-0.39, 0.29) is 29.6 Å². The fraction of sp³-hybridized carbons (Fsp3) is 0.611. The van der Waals surface area contributed by atoms with Gasteiger partial charge in [0.15, 0.2) is 0 Å². The fourth-order valence-electron chi connectivity index (χ4n) is 2.39. The van der Waals surface area contributed by atoms with Crippen LogP contribution in [0, 0.1) is 5.92 Å². The van der Waals surface area contributed by atoms with Crippen LogP contribution in [0.1, 0.15) is 46.1 Å². The van der Waals surface area contributed by atoms with Crippen LogP contribution in [-0.4, -0.2) is 37.2 Å². The highest BCUT2D eigenvalue weighted by Gasteiger charge is 2.29. The average Bonchev–Trinajstić information content (AvgIpc) is 3.31. The van der Waals surface area contributed by atoms with Gasteiger partial charge in [0, 0.05) is 22.7 Å². The van der Waals surface area contributed by atoms with Gasteiger partial charge < -0.3 is 14.4 Å². The predicted octanol–water partition coefficient (Wildman–Crippen LogP) is 3.79. The number of carbonyl (C=O) groups is 1. The van der Waals surface area contributed by atoms with Gasteiger partial charge in [-0.15, -0.1) is 0 Å².